The largest absolute Gasteiger partial charge is 0.292 e. The molecule has 1 saturated heterocycles. The molecule has 3 amide bonds. The lowest BCUT2D eigenvalue weighted by Crippen LogP contribution is -2.56. The molecule has 3 atom stereocenters. The van der Waals surface area contributed by atoms with E-state index in [4.69, 9.17) is 11.6 Å². The minimum atomic E-state index is -1.09. The van der Waals surface area contributed by atoms with Gasteiger partial charge in [0.25, 0.3) is 17.7 Å². The Labute approximate surface area is 185 Å². The van der Waals surface area contributed by atoms with Crippen LogP contribution in [0.1, 0.15) is 40.5 Å². The summed E-state index contributed by atoms with van der Waals surface area (Å²) in [7, 11) is 0. The Bertz CT molecular complexity index is 1060. The molecule has 1 aliphatic heterocycles. The Morgan fingerprint density at radius 1 is 0.935 bits per heavy atom. The second kappa shape index (κ2) is 8.47. The van der Waals surface area contributed by atoms with E-state index in [1.807, 2.05) is 12.2 Å². The number of allylic oxidation sites excluding steroid dienone is 2. The van der Waals surface area contributed by atoms with Crippen molar-refractivity contribution in [1.82, 2.24) is 10.0 Å². The number of halogens is 1. The SMILES string of the molecule is C[C@H](C(=O)c1ccccc1)N(C(=O)c1ccccc1Cl)N1C(=O)[C@H]2CC=CC[C@H]2C1=O. The first-order chi connectivity index (χ1) is 14.9. The highest BCUT2D eigenvalue weighted by Gasteiger charge is 2.52. The highest BCUT2D eigenvalue weighted by molar-refractivity contribution is 6.34. The lowest BCUT2D eigenvalue weighted by molar-refractivity contribution is -0.156. The van der Waals surface area contributed by atoms with Gasteiger partial charge in [0.05, 0.1) is 22.4 Å². The van der Waals surface area contributed by atoms with Crippen LogP contribution in [-0.4, -0.2) is 39.6 Å². The molecule has 158 valence electrons. The molecule has 0 spiro atoms. The second-order valence-electron chi connectivity index (χ2n) is 7.68. The summed E-state index contributed by atoms with van der Waals surface area (Å²) < 4.78 is 0. The van der Waals surface area contributed by atoms with Gasteiger partial charge in [-0.2, -0.15) is 5.01 Å². The first kappa shape index (κ1) is 21.0. The van der Waals surface area contributed by atoms with Gasteiger partial charge in [0.1, 0.15) is 6.04 Å². The Morgan fingerprint density at radius 2 is 1.48 bits per heavy atom. The number of Topliss-reactive ketones (excluding diaryl/α,β-unsaturated/α-hetero) is 1. The molecule has 1 heterocycles. The van der Waals surface area contributed by atoms with Crippen molar-refractivity contribution in [3.05, 3.63) is 82.9 Å². The summed E-state index contributed by atoms with van der Waals surface area (Å²) >= 11 is 6.24. The number of rotatable bonds is 5. The molecule has 0 unspecified atom stereocenters. The zero-order valence-corrected chi connectivity index (χ0v) is 17.7. The highest BCUT2D eigenvalue weighted by atomic mass is 35.5. The van der Waals surface area contributed by atoms with Crippen molar-refractivity contribution in [3.63, 3.8) is 0 Å². The number of benzene rings is 2. The summed E-state index contributed by atoms with van der Waals surface area (Å²) in [6.45, 7) is 1.52. The van der Waals surface area contributed by atoms with Crippen molar-refractivity contribution in [2.24, 2.45) is 11.8 Å². The van der Waals surface area contributed by atoms with Gasteiger partial charge in [0, 0.05) is 5.56 Å². The molecule has 0 bridgehead atoms. The topological polar surface area (TPSA) is 74.8 Å². The van der Waals surface area contributed by atoms with E-state index in [0.29, 0.717) is 18.4 Å². The van der Waals surface area contributed by atoms with Crippen LogP contribution < -0.4 is 0 Å². The molecule has 7 heteroatoms. The highest BCUT2D eigenvalue weighted by Crippen LogP contribution is 2.37. The fraction of sp³-hybridized carbons (Fsp3) is 0.250. The molecule has 31 heavy (non-hydrogen) atoms. The summed E-state index contributed by atoms with van der Waals surface area (Å²) in [6, 6.07) is 13.8. The van der Waals surface area contributed by atoms with Crippen molar-refractivity contribution in [1.29, 1.82) is 0 Å². The summed E-state index contributed by atoms with van der Waals surface area (Å²) in [5.41, 5.74) is 0.496. The Kier molecular flexibility index (Phi) is 5.74. The zero-order chi connectivity index (χ0) is 22.1. The van der Waals surface area contributed by atoms with E-state index in [1.54, 1.807) is 48.5 Å². The molecule has 0 N–H and O–H groups in total. The maximum Gasteiger partial charge on any atom is 0.275 e. The van der Waals surface area contributed by atoms with E-state index in [-0.39, 0.29) is 16.4 Å². The molecule has 6 nitrogen and oxygen atoms in total. The van der Waals surface area contributed by atoms with Gasteiger partial charge < -0.3 is 0 Å². The number of carbonyl (C=O) groups excluding carboxylic acids is 4. The predicted molar refractivity (Wildman–Crippen MR) is 115 cm³/mol. The van der Waals surface area contributed by atoms with Crippen LogP contribution in [0.3, 0.4) is 0 Å². The molecular weight excluding hydrogens is 416 g/mol. The number of hydrazine groups is 1. The van der Waals surface area contributed by atoms with Crippen molar-refractivity contribution in [3.8, 4) is 0 Å². The van der Waals surface area contributed by atoms with E-state index < -0.39 is 35.6 Å². The monoisotopic (exact) mass is 436 g/mol. The molecule has 1 aliphatic carbocycles. The average Bonchev–Trinajstić information content (AvgIpc) is 3.05. The van der Waals surface area contributed by atoms with E-state index >= 15 is 0 Å². The predicted octanol–water partition coefficient (Wildman–Crippen LogP) is 3.92. The fourth-order valence-corrected chi connectivity index (χ4v) is 4.36. The number of nitrogens with zero attached hydrogens (tertiary/aromatic N) is 2. The maximum absolute atomic E-state index is 13.6. The first-order valence-corrected chi connectivity index (χ1v) is 10.5. The quantitative estimate of drug-likeness (QED) is 0.404. The smallest absolute Gasteiger partial charge is 0.275 e. The number of hydrogen-bond donors (Lipinski definition) is 0. The van der Waals surface area contributed by atoms with Crippen LogP contribution >= 0.6 is 11.6 Å². The second-order valence-corrected chi connectivity index (χ2v) is 8.09. The third-order valence-corrected chi connectivity index (χ3v) is 6.15. The average molecular weight is 437 g/mol. The van der Waals surface area contributed by atoms with Gasteiger partial charge in [0.15, 0.2) is 5.78 Å². The minimum Gasteiger partial charge on any atom is -0.292 e. The van der Waals surface area contributed by atoms with Crippen LogP contribution in [0.4, 0.5) is 0 Å². The van der Waals surface area contributed by atoms with Gasteiger partial charge in [-0.25, -0.2) is 5.01 Å². The van der Waals surface area contributed by atoms with E-state index in [0.717, 1.165) is 10.0 Å². The summed E-state index contributed by atoms with van der Waals surface area (Å²) in [5, 5.41) is 2.04. The van der Waals surface area contributed by atoms with Gasteiger partial charge in [-0.1, -0.05) is 66.2 Å². The normalized spacial score (nSPS) is 21.0. The Hall–Kier alpha value is -3.25. The first-order valence-electron chi connectivity index (χ1n) is 10.1. The van der Waals surface area contributed by atoms with Crippen LogP contribution in [0.15, 0.2) is 66.7 Å². The Balaban J connectivity index is 1.77. The lowest BCUT2D eigenvalue weighted by atomic mass is 9.85. The molecule has 2 aliphatic rings. The van der Waals surface area contributed by atoms with Gasteiger partial charge in [0.2, 0.25) is 0 Å². The van der Waals surface area contributed by atoms with Crippen LogP contribution in [-0.2, 0) is 9.59 Å². The van der Waals surface area contributed by atoms with E-state index in [9.17, 15) is 19.2 Å². The molecule has 0 saturated carbocycles. The standard InChI is InChI=1S/C24H21ClN2O4/c1-15(21(28)16-9-3-2-4-10-16)26(24(31)19-13-7-8-14-20(19)25)27-22(29)17-11-5-6-12-18(17)23(27)30/h2-10,13-15,17-18H,11-12H2,1H3/t15-,17-,18+/m1/s1. The summed E-state index contributed by atoms with van der Waals surface area (Å²) in [5.74, 6) is -3.04. The molecular formula is C24H21ClN2O4. The van der Waals surface area contributed by atoms with Gasteiger partial charge in [-0.15, -0.1) is 0 Å². The third kappa shape index (κ3) is 3.68. The van der Waals surface area contributed by atoms with Gasteiger partial charge >= 0.3 is 0 Å². The number of hydrogen-bond acceptors (Lipinski definition) is 4. The van der Waals surface area contributed by atoms with Crippen LogP contribution in [0.5, 0.6) is 0 Å². The third-order valence-electron chi connectivity index (χ3n) is 5.82. The molecule has 1 fully saturated rings. The van der Waals surface area contributed by atoms with Crippen molar-refractivity contribution >= 4 is 35.1 Å². The molecule has 2 aromatic carbocycles. The van der Waals surface area contributed by atoms with Gasteiger partial charge in [-0.05, 0) is 31.9 Å². The van der Waals surface area contributed by atoms with E-state index in [2.05, 4.69) is 0 Å². The zero-order valence-electron chi connectivity index (χ0n) is 16.9. The number of ketones is 1. The Morgan fingerprint density at radius 3 is 2.06 bits per heavy atom. The molecule has 0 aromatic heterocycles. The van der Waals surface area contributed by atoms with Crippen LogP contribution in [0, 0.1) is 11.8 Å². The number of imide groups is 1. The lowest BCUT2D eigenvalue weighted by Gasteiger charge is -2.34. The summed E-state index contributed by atoms with van der Waals surface area (Å²) in [4.78, 5) is 53.2. The van der Waals surface area contributed by atoms with Crippen molar-refractivity contribution in [2.45, 2.75) is 25.8 Å². The summed E-state index contributed by atoms with van der Waals surface area (Å²) in [6.07, 6.45) is 4.60. The molecule has 4 rings (SSSR count). The number of amides is 3. The number of fused-ring (bicyclic) bond motifs is 1. The minimum absolute atomic E-state index is 0.116. The van der Waals surface area contributed by atoms with E-state index in [1.165, 1.54) is 13.0 Å². The maximum atomic E-state index is 13.6. The van der Waals surface area contributed by atoms with Crippen molar-refractivity contribution < 1.29 is 19.2 Å². The van der Waals surface area contributed by atoms with Crippen molar-refractivity contribution in [2.75, 3.05) is 0 Å². The van der Waals surface area contributed by atoms with Crippen LogP contribution in [0.2, 0.25) is 5.02 Å². The number of carbonyl (C=O) groups is 4. The molecule has 0 radical (unpaired) electrons. The van der Waals surface area contributed by atoms with Crippen LogP contribution in [0.25, 0.3) is 0 Å². The molecule has 2 aromatic rings. The fourth-order valence-electron chi connectivity index (χ4n) is 4.15. The van der Waals surface area contributed by atoms with Gasteiger partial charge in [-0.3, -0.25) is 19.2 Å².